The molecule has 21 heavy (non-hydrogen) atoms. The van der Waals surface area contributed by atoms with E-state index in [1.165, 1.54) is 24.5 Å². The zero-order chi connectivity index (χ0) is 15.1. The van der Waals surface area contributed by atoms with Crippen LogP contribution in [0.2, 0.25) is 0 Å². The van der Waals surface area contributed by atoms with Gasteiger partial charge in [-0.2, -0.15) is 0 Å². The summed E-state index contributed by atoms with van der Waals surface area (Å²) >= 11 is 0. The normalized spacial score (nSPS) is 12.8. The first-order valence-electron chi connectivity index (χ1n) is 7.81. The van der Waals surface area contributed by atoms with E-state index in [9.17, 15) is 9.59 Å². The number of amides is 2. The van der Waals surface area contributed by atoms with Gasteiger partial charge in [0.2, 0.25) is 11.8 Å². The number of aryl methyl sites for hydroxylation is 2. The van der Waals surface area contributed by atoms with E-state index in [0.717, 1.165) is 37.8 Å². The minimum Gasteiger partial charge on any atom is -0.356 e. The second-order valence-corrected chi connectivity index (χ2v) is 5.68. The standard InChI is InChI=1S/C17H24N2O2/c1-13(20)18-11-4-2-3-8-17(21)19-16-10-9-14-6-5-7-15(14)12-16/h9-10,12H,2-8,11H2,1H3,(H,18,20)(H,19,21). The third-order valence-corrected chi connectivity index (χ3v) is 3.84. The lowest BCUT2D eigenvalue weighted by Gasteiger charge is -2.07. The third-order valence-electron chi connectivity index (χ3n) is 3.84. The predicted octanol–water partition coefficient (Wildman–Crippen LogP) is 2.81. The quantitative estimate of drug-likeness (QED) is 0.758. The van der Waals surface area contributed by atoms with E-state index < -0.39 is 0 Å². The van der Waals surface area contributed by atoms with Gasteiger partial charge >= 0.3 is 0 Å². The van der Waals surface area contributed by atoms with Crippen LogP contribution in [0.3, 0.4) is 0 Å². The summed E-state index contributed by atoms with van der Waals surface area (Å²) in [5.41, 5.74) is 3.72. The predicted molar refractivity (Wildman–Crippen MR) is 84.2 cm³/mol. The molecular formula is C17H24N2O2. The smallest absolute Gasteiger partial charge is 0.224 e. The zero-order valence-corrected chi connectivity index (χ0v) is 12.7. The van der Waals surface area contributed by atoms with E-state index in [0.29, 0.717) is 13.0 Å². The summed E-state index contributed by atoms with van der Waals surface area (Å²) in [7, 11) is 0. The van der Waals surface area contributed by atoms with Crippen molar-refractivity contribution in [3.63, 3.8) is 0 Å². The van der Waals surface area contributed by atoms with Crippen LogP contribution in [0.25, 0.3) is 0 Å². The molecule has 0 bridgehead atoms. The number of unbranched alkanes of at least 4 members (excludes halogenated alkanes) is 2. The van der Waals surface area contributed by atoms with E-state index in [4.69, 9.17) is 0 Å². The molecule has 0 heterocycles. The fraction of sp³-hybridized carbons (Fsp3) is 0.529. The van der Waals surface area contributed by atoms with Crippen LogP contribution in [0.5, 0.6) is 0 Å². The average molecular weight is 288 g/mol. The molecule has 0 spiro atoms. The lowest BCUT2D eigenvalue weighted by Crippen LogP contribution is -2.20. The molecule has 2 amide bonds. The highest BCUT2D eigenvalue weighted by atomic mass is 16.2. The third kappa shape index (κ3) is 5.21. The van der Waals surface area contributed by atoms with Crippen molar-refractivity contribution in [1.29, 1.82) is 0 Å². The van der Waals surface area contributed by atoms with Gasteiger partial charge < -0.3 is 10.6 Å². The molecular weight excluding hydrogens is 264 g/mol. The SMILES string of the molecule is CC(=O)NCCCCCC(=O)Nc1ccc2c(c1)CCC2. The molecule has 0 aromatic heterocycles. The molecule has 4 nitrogen and oxygen atoms in total. The van der Waals surface area contributed by atoms with E-state index in [2.05, 4.69) is 22.8 Å². The van der Waals surface area contributed by atoms with Gasteiger partial charge in [-0.3, -0.25) is 9.59 Å². The monoisotopic (exact) mass is 288 g/mol. The summed E-state index contributed by atoms with van der Waals surface area (Å²) in [5, 5.41) is 5.73. The summed E-state index contributed by atoms with van der Waals surface area (Å²) in [6.07, 6.45) is 6.79. The van der Waals surface area contributed by atoms with Crippen LogP contribution in [-0.4, -0.2) is 18.4 Å². The van der Waals surface area contributed by atoms with Crippen LogP contribution >= 0.6 is 0 Å². The largest absolute Gasteiger partial charge is 0.356 e. The minimum atomic E-state index is 0.00403. The number of carbonyl (C=O) groups excluding carboxylic acids is 2. The molecule has 0 unspecified atom stereocenters. The Balaban J connectivity index is 1.64. The Morgan fingerprint density at radius 3 is 2.71 bits per heavy atom. The van der Waals surface area contributed by atoms with Gasteiger partial charge in [-0.25, -0.2) is 0 Å². The Morgan fingerprint density at radius 2 is 1.90 bits per heavy atom. The number of anilines is 1. The number of hydrogen-bond donors (Lipinski definition) is 2. The molecule has 0 saturated carbocycles. The number of nitrogens with one attached hydrogen (secondary N) is 2. The van der Waals surface area contributed by atoms with Crippen LogP contribution < -0.4 is 10.6 Å². The average Bonchev–Trinajstić information content (AvgIpc) is 2.89. The first-order chi connectivity index (χ1) is 10.1. The Morgan fingerprint density at radius 1 is 1.10 bits per heavy atom. The first-order valence-corrected chi connectivity index (χ1v) is 7.81. The van der Waals surface area contributed by atoms with Crippen LogP contribution in [0, 0.1) is 0 Å². The van der Waals surface area contributed by atoms with Crippen LogP contribution in [0.4, 0.5) is 5.69 Å². The molecule has 1 aliphatic carbocycles. The molecule has 0 aliphatic heterocycles. The molecule has 2 N–H and O–H groups in total. The highest BCUT2D eigenvalue weighted by Gasteiger charge is 2.11. The van der Waals surface area contributed by atoms with Gasteiger partial charge in [0.1, 0.15) is 0 Å². The summed E-state index contributed by atoms with van der Waals surface area (Å²) in [6.45, 7) is 2.21. The van der Waals surface area contributed by atoms with Crippen molar-refractivity contribution in [3.05, 3.63) is 29.3 Å². The molecule has 1 aromatic rings. The molecule has 114 valence electrons. The van der Waals surface area contributed by atoms with Crippen LogP contribution in [0.1, 0.15) is 50.2 Å². The van der Waals surface area contributed by atoms with Gasteiger partial charge in [0.25, 0.3) is 0 Å². The van der Waals surface area contributed by atoms with Crippen molar-refractivity contribution in [1.82, 2.24) is 5.32 Å². The number of carbonyl (C=O) groups is 2. The molecule has 1 aliphatic rings. The molecule has 0 atom stereocenters. The Hall–Kier alpha value is -1.84. The molecule has 1 aromatic carbocycles. The Labute approximate surface area is 126 Å². The molecule has 0 radical (unpaired) electrons. The van der Waals surface area contributed by atoms with Crippen molar-refractivity contribution in [3.8, 4) is 0 Å². The van der Waals surface area contributed by atoms with Gasteiger partial charge in [-0.15, -0.1) is 0 Å². The van der Waals surface area contributed by atoms with Crippen molar-refractivity contribution >= 4 is 17.5 Å². The molecule has 2 rings (SSSR count). The fourth-order valence-electron chi connectivity index (χ4n) is 2.72. The summed E-state index contributed by atoms with van der Waals surface area (Å²) in [6, 6.07) is 6.24. The minimum absolute atomic E-state index is 0.00403. The van der Waals surface area contributed by atoms with Gasteiger partial charge in [0.05, 0.1) is 0 Å². The van der Waals surface area contributed by atoms with E-state index in [1.54, 1.807) is 0 Å². The molecule has 0 fully saturated rings. The second-order valence-electron chi connectivity index (χ2n) is 5.68. The van der Waals surface area contributed by atoms with Crippen molar-refractivity contribution in [2.75, 3.05) is 11.9 Å². The Kier molecular flexibility index (Phi) is 5.78. The van der Waals surface area contributed by atoms with Gasteiger partial charge in [-0.1, -0.05) is 12.5 Å². The van der Waals surface area contributed by atoms with Crippen molar-refractivity contribution in [2.24, 2.45) is 0 Å². The summed E-state index contributed by atoms with van der Waals surface area (Å²) < 4.78 is 0. The Bertz CT molecular complexity index is 512. The van der Waals surface area contributed by atoms with E-state index in [1.807, 2.05) is 6.07 Å². The van der Waals surface area contributed by atoms with Gasteiger partial charge in [0.15, 0.2) is 0 Å². The van der Waals surface area contributed by atoms with Crippen LogP contribution in [-0.2, 0) is 22.4 Å². The lowest BCUT2D eigenvalue weighted by atomic mass is 10.1. The number of rotatable bonds is 7. The number of fused-ring (bicyclic) bond motifs is 1. The van der Waals surface area contributed by atoms with Gasteiger partial charge in [0, 0.05) is 25.6 Å². The lowest BCUT2D eigenvalue weighted by molar-refractivity contribution is -0.119. The maximum Gasteiger partial charge on any atom is 0.224 e. The summed E-state index contributed by atoms with van der Waals surface area (Å²) in [5.74, 6) is 0.0804. The maximum atomic E-state index is 11.9. The van der Waals surface area contributed by atoms with Crippen LogP contribution in [0.15, 0.2) is 18.2 Å². The van der Waals surface area contributed by atoms with Crippen molar-refractivity contribution < 1.29 is 9.59 Å². The van der Waals surface area contributed by atoms with E-state index in [-0.39, 0.29) is 11.8 Å². The first kappa shape index (κ1) is 15.5. The number of hydrogen-bond acceptors (Lipinski definition) is 2. The molecule has 0 saturated heterocycles. The van der Waals surface area contributed by atoms with Gasteiger partial charge in [-0.05, 0) is 55.4 Å². The summed E-state index contributed by atoms with van der Waals surface area (Å²) in [4.78, 5) is 22.6. The zero-order valence-electron chi connectivity index (χ0n) is 12.7. The number of benzene rings is 1. The highest BCUT2D eigenvalue weighted by Crippen LogP contribution is 2.24. The highest BCUT2D eigenvalue weighted by molar-refractivity contribution is 5.90. The second kappa shape index (κ2) is 7.81. The molecule has 4 heteroatoms. The maximum absolute atomic E-state index is 11.9. The topological polar surface area (TPSA) is 58.2 Å². The van der Waals surface area contributed by atoms with Crippen molar-refractivity contribution in [2.45, 2.75) is 51.9 Å². The van der Waals surface area contributed by atoms with E-state index >= 15 is 0 Å². The fourth-order valence-corrected chi connectivity index (χ4v) is 2.72.